The summed E-state index contributed by atoms with van der Waals surface area (Å²) in [4.78, 5) is 15.1. The van der Waals surface area contributed by atoms with Crippen molar-refractivity contribution < 1.29 is 9.53 Å². The Balaban J connectivity index is 1.68. The van der Waals surface area contributed by atoms with Crippen molar-refractivity contribution in [2.75, 3.05) is 39.4 Å². The number of rotatable bonds is 6. The van der Waals surface area contributed by atoms with Crippen molar-refractivity contribution in [1.82, 2.24) is 14.8 Å². The second-order valence-corrected chi connectivity index (χ2v) is 7.47. The normalized spacial score (nSPS) is 14.7. The number of hydrogen-bond donors (Lipinski definition) is 1. The third-order valence-electron chi connectivity index (χ3n) is 4.68. The molecule has 1 N–H and O–H groups in total. The lowest BCUT2D eigenvalue weighted by Crippen LogP contribution is -2.38. The van der Waals surface area contributed by atoms with Gasteiger partial charge in [-0.2, -0.15) is 5.26 Å². The molecule has 1 aliphatic rings. The fourth-order valence-corrected chi connectivity index (χ4v) is 3.73. The molecule has 1 saturated heterocycles. The lowest BCUT2D eigenvalue weighted by atomic mass is 10.2. The highest BCUT2D eigenvalue weighted by atomic mass is 79.9. The quantitative estimate of drug-likeness (QED) is 0.715. The number of ether oxygens (including phenoxy) is 1. The maximum atomic E-state index is 12.8. The number of halogens is 1. The topological polar surface area (TPSA) is 70.3 Å². The van der Waals surface area contributed by atoms with Gasteiger partial charge in [-0.1, -0.05) is 15.9 Å². The van der Waals surface area contributed by atoms with Crippen LogP contribution in [0.5, 0.6) is 0 Å². The zero-order valence-electron chi connectivity index (χ0n) is 15.4. The molecule has 6 nitrogen and oxygen atoms in total. The summed E-state index contributed by atoms with van der Waals surface area (Å²) in [5.41, 5.74) is 2.67. The summed E-state index contributed by atoms with van der Waals surface area (Å²) >= 11 is 3.46. The maximum absolute atomic E-state index is 12.8. The molecule has 2 aromatic rings. The van der Waals surface area contributed by atoms with Crippen LogP contribution in [0.4, 0.5) is 0 Å². The highest BCUT2D eigenvalue weighted by molar-refractivity contribution is 9.10. The van der Waals surface area contributed by atoms with Crippen LogP contribution in [0, 0.1) is 18.3 Å². The first-order chi connectivity index (χ1) is 13.1. The standard InChI is InChI=1S/C20H23BrN4O2/c1-15-13-17(21)3-4-18(15)25-8-5-16(14-22)19(25)20(26)23-6-2-7-24-9-11-27-12-10-24/h3-5,8,13H,2,6-7,9-12H2,1H3,(H,23,26). The molecule has 0 atom stereocenters. The fraction of sp³-hybridized carbons (Fsp3) is 0.400. The molecule has 3 rings (SSSR count). The summed E-state index contributed by atoms with van der Waals surface area (Å²) in [5, 5.41) is 12.4. The lowest BCUT2D eigenvalue weighted by Gasteiger charge is -2.26. The molecule has 142 valence electrons. The van der Waals surface area contributed by atoms with E-state index in [1.807, 2.05) is 25.1 Å². The zero-order chi connectivity index (χ0) is 19.2. The van der Waals surface area contributed by atoms with E-state index in [4.69, 9.17) is 4.74 Å². The predicted molar refractivity (Wildman–Crippen MR) is 107 cm³/mol. The fourth-order valence-electron chi connectivity index (χ4n) is 3.26. The molecule has 1 fully saturated rings. The number of morpholine rings is 1. The van der Waals surface area contributed by atoms with Crippen molar-refractivity contribution in [3.05, 3.63) is 51.8 Å². The number of benzene rings is 1. The molecule has 0 spiro atoms. The van der Waals surface area contributed by atoms with Crippen molar-refractivity contribution >= 4 is 21.8 Å². The van der Waals surface area contributed by atoms with E-state index >= 15 is 0 Å². The number of hydrogen-bond acceptors (Lipinski definition) is 4. The maximum Gasteiger partial charge on any atom is 0.269 e. The number of carbonyl (C=O) groups is 1. The molecule has 0 bridgehead atoms. The number of nitriles is 1. The van der Waals surface area contributed by atoms with Gasteiger partial charge in [-0.05, 0) is 49.7 Å². The van der Waals surface area contributed by atoms with Gasteiger partial charge in [-0.25, -0.2) is 0 Å². The van der Waals surface area contributed by atoms with Crippen LogP contribution < -0.4 is 5.32 Å². The largest absolute Gasteiger partial charge is 0.379 e. The van der Waals surface area contributed by atoms with Crippen LogP contribution in [0.3, 0.4) is 0 Å². The summed E-state index contributed by atoms with van der Waals surface area (Å²) in [6, 6.07) is 9.67. The first kappa shape index (κ1) is 19.6. The molecule has 2 heterocycles. The van der Waals surface area contributed by atoms with Gasteiger partial charge in [0, 0.05) is 36.0 Å². The summed E-state index contributed by atoms with van der Waals surface area (Å²) in [6.45, 7) is 6.93. The molecule has 7 heteroatoms. The van der Waals surface area contributed by atoms with Crippen LogP contribution >= 0.6 is 15.9 Å². The Hall–Kier alpha value is -2.14. The van der Waals surface area contributed by atoms with Crippen LogP contribution in [0.1, 0.15) is 28.0 Å². The van der Waals surface area contributed by atoms with Crippen molar-refractivity contribution in [3.63, 3.8) is 0 Å². The SMILES string of the molecule is Cc1cc(Br)ccc1-n1ccc(C#N)c1C(=O)NCCCN1CCOCC1. The van der Waals surface area contributed by atoms with Gasteiger partial charge >= 0.3 is 0 Å². The summed E-state index contributed by atoms with van der Waals surface area (Å²) in [5.74, 6) is -0.221. The van der Waals surface area contributed by atoms with E-state index in [1.165, 1.54) is 0 Å². The molecule has 0 saturated carbocycles. The minimum absolute atomic E-state index is 0.221. The summed E-state index contributed by atoms with van der Waals surface area (Å²) in [6.07, 6.45) is 2.64. The van der Waals surface area contributed by atoms with Gasteiger partial charge in [-0.15, -0.1) is 0 Å². The first-order valence-electron chi connectivity index (χ1n) is 9.06. The van der Waals surface area contributed by atoms with E-state index in [1.54, 1.807) is 16.8 Å². The molecule has 1 amide bonds. The smallest absolute Gasteiger partial charge is 0.269 e. The van der Waals surface area contributed by atoms with E-state index in [2.05, 4.69) is 32.2 Å². The first-order valence-corrected chi connectivity index (χ1v) is 9.85. The van der Waals surface area contributed by atoms with Gasteiger partial charge in [0.05, 0.1) is 18.8 Å². The predicted octanol–water partition coefficient (Wildman–Crippen LogP) is 2.87. The summed E-state index contributed by atoms with van der Waals surface area (Å²) < 4.78 is 8.11. The molecular weight excluding hydrogens is 408 g/mol. The summed E-state index contributed by atoms with van der Waals surface area (Å²) in [7, 11) is 0. The van der Waals surface area contributed by atoms with Crippen molar-refractivity contribution in [2.24, 2.45) is 0 Å². The van der Waals surface area contributed by atoms with E-state index in [-0.39, 0.29) is 5.91 Å². The van der Waals surface area contributed by atoms with Gasteiger partial charge in [0.15, 0.2) is 0 Å². The molecule has 1 aliphatic heterocycles. The molecule has 0 radical (unpaired) electrons. The minimum atomic E-state index is -0.221. The number of carbonyl (C=O) groups excluding carboxylic acids is 1. The number of aromatic nitrogens is 1. The van der Waals surface area contributed by atoms with Gasteiger partial charge in [0.2, 0.25) is 0 Å². The number of nitrogens with zero attached hydrogens (tertiary/aromatic N) is 3. The van der Waals surface area contributed by atoms with Crippen molar-refractivity contribution in [2.45, 2.75) is 13.3 Å². The Bertz CT molecular complexity index is 850. The van der Waals surface area contributed by atoms with E-state index in [9.17, 15) is 10.1 Å². The average molecular weight is 431 g/mol. The number of nitrogens with one attached hydrogen (secondary N) is 1. The zero-order valence-corrected chi connectivity index (χ0v) is 17.0. The molecule has 1 aromatic heterocycles. The van der Waals surface area contributed by atoms with Crippen LogP contribution in [-0.2, 0) is 4.74 Å². The van der Waals surface area contributed by atoms with Crippen LogP contribution in [0.15, 0.2) is 34.9 Å². The molecule has 27 heavy (non-hydrogen) atoms. The third kappa shape index (κ3) is 4.78. The average Bonchev–Trinajstić information content (AvgIpc) is 3.10. The number of amides is 1. The van der Waals surface area contributed by atoms with E-state index in [0.717, 1.165) is 55.0 Å². The molecule has 0 unspecified atom stereocenters. The molecular formula is C20H23BrN4O2. The Kier molecular flexibility index (Phi) is 6.67. The highest BCUT2D eigenvalue weighted by Crippen LogP contribution is 2.23. The lowest BCUT2D eigenvalue weighted by molar-refractivity contribution is 0.0374. The van der Waals surface area contributed by atoms with Crippen LogP contribution in [0.2, 0.25) is 0 Å². The van der Waals surface area contributed by atoms with Gasteiger partial charge in [-0.3, -0.25) is 9.69 Å². The van der Waals surface area contributed by atoms with E-state index < -0.39 is 0 Å². The molecule has 0 aliphatic carbocycles. The van der Waals surface area contributed by atoms with Crippen LogP contribution in [0.25, 0.3) is 5.69 Å². The Labute approximate surface area is 167 Å². The van der Waals surface area contributed by atoms with Crippen molar-refractivity contribution in [1.29, 1.82) is 5.26 Å². The number of aryl methyl sites for hydroxylation is 1. The van der Waals surface area contributed by atoms with Crippen molar-refractivity contribution in [3.8, 4) is 11.8 Å². The molecule has 1 aromatic carbocycles. The second kappa shape index (κ2) is 9.18. The van der Waals surface area contributed by atoms with Crippen LogP contribution in [-0.4, -0.2) is 54.8 Å². The Morgan fingerprint density at radius 1 is 1.33 bits per heavy atom. The van der Waals surface area contributed by atoms with Gasteiger partial charge in [0.25, 0.3) is 5.91 Å². The monoisotopic (exact) mass is 430 g/mol. The second-order valence-electron chi connectivity index (χ2n) is 6.55. The minimum Gasteiger partial charge on any atom is -0.379 e. The van der Waals surface area contributed by atoms with E-state index in [0.29, 0.717) is 17.8 Å². The van der Waals surface area contributed by atoms with Gasteiger partial charge in [0.1, 0.15) is 11.8 Å². The Morgan fingerprint density at radius 3 is 2.81 bits per heavy atom. The van der Waals surface area contributed by atoms with Gasteiger partial charge < -0.3 is 14.6 Å². The third-order valence-corrected chi connectivity index (χ3v) is 5.17. The Morgan fingerprint density at radius 2 is 2.11 bits per heavy atom. The highest BCUT2D eigenvalue weighted by Gasteiger charge is 2.19.